The Hall–Kier alpha value is -6.45. The lowest BCUT2D eigenvalue weighted by atomic mass is 9.55. The van der Waals surface area contributed by atoms with Crippen molar-refractivity contribution in [3.05, 3.63) is 203 Å². The van der Waals surface area contributed by atoms with Crippen LogP contribution in [0.4, 0.5) is 0 Å². The van der Waals surface area contributed by atoms with Crippen molar-refractivity contribution in [3.63, 3.8) is 0 Å². The minimum Gasteiger partial charge on any atom is -0.208 e. The zero-order chi connectivity index (χ0) is 37.6. The SMILES string of the molecule is CC1C=CC(C2=CC=C(c3cccc(-c4cccc(-c5nc(-c6ccccc6)nc(-c6ccccc6)n5)c4)c3)C3C2=c2ccccc2=C2C=CCCC23C)=CC1. The van der Waals surface area contributed by atoms with Gasteiger partial charge in [0.25, 0.3) is 0 Å². The third-order valence-corrected chi connectivity index (χ3v) is 12.2. The summed E-state index contributed by atoms with van der Waals surface area (Å²) in [6.07, 6.45) is 20.1. The van der Waals surface area contributed by atoms with E-state index in [2.05, 4.69) is 153 Å². The summed E-state index contributed by atoms with van der Waals surface area (Å²) >= 11 is 0. The Labute approximate surface area is 329 Å². The lowest BCUT2D eigenvalue weighted by Crippen LogP contribution is -2.47. The Kier molecular flexibility index (Phi) is 8.52. The zero-order valence-electron chi connectivity index (χ0n) is 31.9. The molecule has 5 aromatic carbocycles. The van der Waals surface area contributed by atoms with E-state index in [1.807, 2.05) is 36.4 Å². The summed E-state index contributed by atoms with van der Waals surface area (Å²) in [7, 11) is 0. The second-order valence-electron chi connectivity index (χ2n) is 15.8. The first kappa shape index (κ1) is 34.1. The van der Waals surface area contributed by atoms with Crippen LogP contribution in [0.2, 0.25) is 0 Å². The number of hydrogen-bond acceptors (Lipinski definition) is 3. The predicted molar refractivity (Wildman–Crippen MR) is 231 cm³/mol. The van der Waals surface area contributed by atoms with Crippen molar-refractivity contribution in [2.45, 2.75) is 33.1 Å². The number of hydrogen-bond donors (Lipinski definition) is 0. The van der Waals surface area contributed by atoms with Crippen LogP contribution in [0.3, 0.4) is 0 Å². The molecule has 0 amide bonds. The van der Waals surface area contributed by atoms with Crippen molar-refractivity contribution in [2.75, 3.05) is 0 Å². The maximum Gasteiger partial charge on any atom is 0.164 e. The number of benzene rings is 5. The molecule has 10 rings (SSSR count). The molecule has 1 heterocycles. The van der Waals surface area contributed by atoms with E-state index >= 15 is 0 Å². The second kappa shape index (κ2) is 14.0. The van der Waals surface area contributed by atoms with Crippen LogP contribution in [0.1, 0.15) is 38.7 Å². The van der Waals surface area contributed by atoms with Gasteiger partial charge in [-0.05, 0) is 92.3 Å². The van der Waals surface area contributed by atoms with E-state index < -0.39 is 0 Å². The quantitative estimate of drug-likeness (QED) is 0.172. The fraction of sp³-hybridized carbons (Fsp3) is 0.151. The smallest absolute Gasteiger partial charge is 0.164 e. The Morgan fingerprint density at radius 2 is 1.14 bits per heavy atom. The van der Waals surface area contributed by atoms with Gasteiger partial charge in [-0.2, -0.15) is 0 Å². The summed E-state index contributed by atoms with van der Waals surface area (Å²) in [4.78, 5) is 15.0. The topological polar surface area (TPSA) is 38.7 Å². The van der Waals surface area contributed by atoms with E-state index in [9.17, 15) is 0 Å². The van der Waals surface area contributed by atoms with Crippen LogP contribution in [0.15, 0.2) is 187 Å². The highest BCUT2D eigenvalue weighted by atomic mass is 15.0. The van der Waals surface area contributed by atoms with E-state index in [1.165, 1.54) is 49.4 Å². The number of allylic oxidation sites excluding steroid dienone is 10. The van der Waals surface area contributed by atoms with Crippen molar-refractivity contribution in [3.8, 4) is 45.3 Å². The van der Waals surface area contributed by atoms with Crippen molar-refractivity contribution < 1.29 is 0 Å². The highest BCUT2D eigenvalue weighted by molar-refractivity contribution is 5.95. The van der Waals surface area contributed by atoms with Gasteiger partial charge in [-0.3, -0.25) is 0 Å². The first-order valence-electron chi connectivity index (χ1n) is 19.9. The molecule has 0 saturated heterocycles. The summed E-state index contributed by atoms with van der Waals surface area (Å²) in [5.41, 5.74) is 13.4. The summed E-state index contributed by atoms with van der Waals surface area (Å²) in [6, 6.07) is 47.2. The van der Waals surface area contributed by atoms with Crippen molar-refractivity contribution in [2.24, 2.45) is 17.3 Å². The van der Waals surface area contributed by atoms with Crippen LogP contribution < -0.4 is 10.4 Å². The molecule has 0 bridgehead atoms. The summed E-state index contributed by atoms with van der Waals surface area (Å²) in [5, 5.41) is 2.75. The standard InChI is InChI=1S/C53H43N3/c1-35-26-28-36(29-27-35)43-30-31-44(49-48(43)46-24-10-9-23-45(46)47-25-11-12-32-53(47,49)2)41-21-13-19-39(33-41)40-20-14-22-42(34-40)52-55-50(37-15-5-3-6-16-37)54-51(56-52)38-17-7-4-8-18-38/h3-11,13-26,28-31,33-35,49H,12,27,32H2,1-2H3. The van der Waals surface area contributed by atoms with E-state index in [4.69, 9.17) is 15.0 Å². The van der Waals surface area contributed by atoms with Gasteiger partial charge in [-0.1, -0.05) is 178 Å². The highest BCUT2D eigenvalue weighted by Crippen LogP contribution is 2.57. The van der Waals surface area contributed by atoms with Gasteiger partial charge in [0.2, 0.25) is 0 Å². The molecule has 270 valence electrons. The van der Waals surface area contributed by atoms with Gasteiger partial charge < -0.3 is 0 Å². The minimum atomic E-state index is -0.0441. The molecule has 0 spiro atoms. The lowest BCUT2D eigenvalue weighted by Gasteiger charge is -2.47. The zero-order valence-corrected chi connectivity index (χ0v) is 31.9. The average Bonchev–Trinajstić information content (AvgIpc) is 3.27. The van der Waals surface area contributed by atoms with Gasteiger partial charge in [-0.15, -0.1) is 0 Å². The van der Waals surface area contributed by atoms with Crippen LogP contribution in [-0.4, -0.2) is 15.0 Å². The Morgan fingerprint density at radius 3 is 1.80 bits per heavy atom. The third kappa shape index (κ3) is 5.95. The molecule has 0 fully saturated rings. The number of fused-ring (bicyclic) bond motifs is 4. The van der Waals surface area contributed by atoms with Gasteiger partial charge in [0.15, 0.2) is 17.5 Å². The molecule has 6 aromatic rings. The van der Waals surface area contributed by atoms with Crippen LogP contribution in [0.5, 0.6) is 0 Å². The first-order chi connectivity index (χ1) is 27.5. The van der Waals surface area contributed by atoms with Gasteiger partial charge in [-0.25, -0.2) is 15.0 Å². The molecule has 0 N–H and O–H groups in total. The first-order valence-corrected chi connectivity index (χ1v) is 19.9. The van der Waals surface area contributed by atoms with Crippen molar-refractivity contribution in [1.29, 1.82) is 0 Å². The third-order valence-electron chi connectivity index (χ3n) is 12.2. The van der Waals surface area contributed by atoms with E-state index in [1.54, 1.807) is 0 Å². The van der Waals surface area contributed by atoms with E-state index in [-0.39, 0.29) is 11.3 Å². The second-order valence-corrected chi connectivity index (χ2v) is 15.8. The summed E-state index contributed by atoms with van der Waals surface area (Å²) in [5.74, 6) is 2.76. The molecular formula is C53H43N3. The largest absolute Gasteiger partial charge is 0.208 e. The van der Waals surface area contributed by atoms with Crippen molar-refractivity contribution in [1.82, 2.24) is 15.0 Å². The van der Waals surface area contributed by atoms with Gasteiger partial charge in [0.05, 0.1) is 0 Å². The molecule has 3 heteroatoms. The Morgan fingerprint density at radius 1 is 0.571 bits per heavy atom. The van der Waals surface area contributed by atoms with Crippen LogP contribution in [0, 0.1) is 17.3 Å². The van der Waals surface area contributed by atoms with Gasteiger partial charge in [0.1, 0.15) is 0 Å². The minimum absolute atomic E-state index is 0.0441. The van der Waals surface area contributed by atoms with Crippen molar-refractivity contribution >= 4 is 16.7 Å². The van der Waals surface area contributed by atoms with E-state index in [0.717, 1.165) is 41.5 Å². The Balaban J connectivity index is 1.10. The molecule has 0 radical (unpaired) electrons. The molecule has 3 unspecified atom stereocenters. The van der Waals surface area contributed by atoms with Gasteiger partial charge >= 0.3 is 0 Å². The molecule has 0 aliphatic heterocycles. The average molecular weight is 722 g/mol. The maximum atomic E-state index is 5.03. The monoisotopic (exact) mass is 721 g/mol. The lowest BCUT2D eigenvalue weighted by molar-refractivity contribution is 0.353. The van der Waals surface area contributed by atoms with Gasteiger partial charge in [0, 0.05) is 28.0 Å². The molecule has 4 aliphatic rings. The molecule has 3 nitrogen and oxygen atoms in total. The molecule has 3 atom stereocenters. The van der Waals surface area contributed by atoms with Crippen LogP contribution >= 0.6 is 0 Å². The van der Waals surface area contributed by atoms with Crippen LogP contribution in [0.25, 0.3) is 62.0 Å². The Bertz CT molecular complexity index is 2740. The van der Waals surface area contributed by atoms with E-state index in [0.29, 0.717) is 23.4 Å². The summed E-state index contributed by atoms with van der Waals surface area (Å²) < 4.78 is 0. The fourth-order valence-corrected chi connectivity index (χ4v) is 9.29. The number of aromatic nitrogens is 3. The number of nitrogens with zero attached hydrogens (tertiary/aromatic N) is 3. The molecule has 56 heavy (non-hydrogen) atoms. The molecule has 0 saturated carbocycles. The highest BCUT2D eigenvalue weighted by Gasteiger charge is 2.46. The molecule has 1 aromatic heterocycles. The number of rotatable bonds is 6. The normalized spacial score (nSPS) is 21.0. The molecular weight excluding hydrogens is 679 g/mol. The van der Waals surface area contributed by atoms with Crippen LogP contribution in [-0.2, 0) is 0 Å². The fourth-order valence-electron chi connectivity index (χ4n) is 9.29. The summed E-state index contributed by atoms with van der Waals surface area (Å²) in [6.45, 7) is 4.82. The predicted octanol–water partition coefficient (Wildman–Crippen LogP) is 11.4. The maximum absolute atomic E-state index is 5.03. The molecule has 4 aliphatic carbocycles.